The van der Waals surface area contributed by atoms with Crippen LogP contribution in [-0.4, -0.2) is 113 Å². The molecule has 0 bridgehead atoms. The second-order valence-electron chi connectivity index (χ2n) is 18.6. The number of hydrogen-bond donors (Lipinski definition) is 6. The number of carbonyl (C=O) groups is 1. The lowest BCUT2D eigenvalue weighted by Gasteiger charge is -2.12. The Bertz CT molecular complexity index is 4460. The van der Waals surface area contributed by atoms with Crippen LogP contribution in [0.2, 0.25) is 5.02 Å². The number of thioether (sulfide) groups is 2. The quantitative estimate of drug-likeness (QED) is 0.00915. The van der Waals surface area contributed by atoms with Crippen molar-refractivity contribution in [3.63, 3.8) is 0 Å². The fourth-order valence-corrected chi connectivity index (χ4v) is 12.6. The normalized spacial score (nSPS) is 12.7. The largest absolute Gasteiger partial charge is 0.493 e. The fraction of sp³-hybridized carbons (Fsp3) is 0.275. The molecule has 454 valence electrons. The second kappa shape index (κ2) is 28.0. The van der Waals surface area contributed by atoms with Gasteiger partial charge in [-0.15, -0.1) is 44.0 Å². The Morgan fingerprint density at radius 3 is 1.69 bits per heavy atom. The van der Waals surface area contributed by atoms with Gasteiger partial charge in [0.15, 0.2) is 17.1 Å². The summed E-state index contributed by atoms with van der Waals surface area (Å²) in [4.78, 5) is 15.5. The third-order valence-electron chi connectivity index (χ3n) is 12.1. The minimum absolute atomic E-state index is 0.0101. The third kappa shape index (κ3) is 17.4. The average Bonchev–Trinajstić information content (AvgIpc) is 1.58. The van der Waals surface area contributed by atoms with Crippen LogP contribution >= 0.6 is 35.1 Å². The van der Waals surface area contributed by atoms with Crippen LogP contribution in [0.4, 0.5) is 45.5 Å². The summed E-state index contributed by atoms with van der Waals surface area (Å²) in [7, 11) is -17.9. The minimum Gasteiger partial charge on any atom is -0.493 e. The van der Waals surface area contributed by atoms with E-state index in [2.05, 4.69) is 45.9 Å². The van der Waals surface area contributed by atoms with Gasteiger partial charge in [-0.1, -0.05) is 11.6 Å². The van der Waals surface area contributed by atoms with Crippen LogP contribution < -0.4 is 9.47 Å². The maximum atomic E-state index is 12.4. The molecule has 0 spiro atoms. The summed E-state index contributed by atoms with van der Waals surface area (Å²) in [5.41, 5.74) is 2.21. The Balaban J connectivity index is 1.27. The van der Waals surface area contributed by atoms with E-state index in [1.165, 1.54) is 49.0 Å². The number of ether oxygens (including phenoxy) is 2. The predicted molar refractivity (Wildman–Crippen MR) is 318 cm³/mol. The summed E-state index contributed by atoms with van der Waals surface area (Å²) in [6, 6.07) is 18.1. The van der Waals surface area contributed by atoms with Crippen molar-refractivity contribution < 1.29 is 76.4 Å². The molecule has 0 saturated carbocycles. The van der Waals surface area contributed by atoms with Crippen LogP contribution in [0.25, 0.3) is 16.7 Å². The van der Waals surface area contributed by atoms with Gasteiger partial charge in [0.25, 0.3) is 46.9 Å². The lowest BCUT2D eigenvalue weighted by molar-refractivity contribution is -0.120. The summed E-state index contributed by atoms with van der Waals surface area (Å²) in [6.07, 6.45) is -0.101. The summed E-state index contributed by atoms with van der Waals surface area (Å²) >= 11 is 8.48. The van der Waals surface area contributed by atoms with Crippen LogP contribution in [0.5, 0.6) is 17.4 Å². The topological polar surface area (TPSA) is 433 Å². The molecule has 7 aromatic rings. The number of fused-ring (bicyclic) bond motifs is 3. The first-order chi connectivity index (χ1) is 40.5. The number of pyridine rings is 1. The van der Waals surface area contributed by atoms with Crippen molar-refractivity contribution in [2.24, 2.45) is 40.9 Å². The first-order valence-electron chi connectivity index (χ1n) is 24.9. The molecule has 28 nitrogen and oxygen atoms in total. The lowest BCUT2D eigenvalue weighted by atomic mass is 10.1. The second-order valence-corrected chi connectivity index (χ2v) is 27.3. The number of hydrogen-bond acceptors (Lipinski definition) is 25. The number of rotatable bonds is 27. The van der Waals surface area contributed by atoms with Crippen LogP contribution in [0.3, 0.4) is 0 Å². The molecule has 35 heteroatoms. The van der Waals surface area contributed by atoms with Crippen LogP contribution in [0.1, 0.15) is 52.6 Å². The molecule has 0 aliphatic carbocycles. The van der Waals surface area contributed by atoms with Gasteiger partial charge in [0.05, 0.1) is 75.1 Å². The number of aliphatic hydroxyl groups excluding tert-OH is 1. The summed E-state index contributed by atoms with van der Waals surface area (Å²) in [5, 5.41) is 67.5. The molecule has 2 aromatic heterocycles. The van der Waals surface area contributed by atoms with E-state index in [9.17, 15) is 72.2 Å². The summed E-state index contributed by atoms with van der Waals surface area (Å²) in [6.45, 7) is 5.72. The Morgan fingerprint density at radius 2 is 1.16 bits per heavy atom. The monoisotopic (exact) mass is 1320 g/mol. The molecular weight excluding hydrogens is 1270 g/mol. The standard InChI is InChI=1S/C51H50ClN11O17S6/c1-28-16-39(59-62-48-31(4)34(25-53)50-54-49-42(63(50)51(48)66)19-32(26-64)20-47(49)86(76,77)78)44(79-10-5-13-83(67,68)69)22-36(28)57-60-40-18-30(3)38(24-46(40)82-12-7-15-85(73,74)75)58-61-41-17-29(2)37(23-45(41)81-11-6-14-84(70,71)72)56-55-33-8-9-35(52)43(21-33)80-27-65/h8-9,16-24,27,64,66H,5-7,10-15,26H2,1-4H3,(H,67,68,69)(H,70,71,72)(H,73,74,75)(H,76,77,78). The fourth-order valence-electron chi connectivity index (χ4n) is 7.97. The first-order valence-corrected chi connectivity index (χ1v) is 33.5. The molecular formula is C51H50ClN11O17S6. The van der Waals surface area contributed by atoms with E-state index in [-0.39, 0.29) is 116 Å². The Kier molecular flexibility index (Phi) is 21.5. The number of nitriles is 1. The highest BCUT2D eigenvalue weighted by molar-refractivity contribution is 7.99. The predicted octanol–water partition coefficient (Wildman–Crippen LogP) is 12.3. The number of benzene rings is 5. The number of imidazole rings is 1. The van der Waals surface area contributed by atoms with E-state index in [0.717, 1.165) is 22.2 Å². The third-order valence-corrected chi connectivity index (χ3v) is 18.0. The Hall–Kier alpha value is -7.40. The molecule has 0 fully saturated rings. The number of azo groups is 4. The highest BCUT2D eigenvalue weighted by atomic mass is 35.5. The minimum atomic E-state index is -4.94. The molecule has 0 unspecified atom stereocenters. The molecule has 2 heterocycles. The van der Waals surface area contributed by atoms with Gasteiger partial charge < -0.3 is 19.7 Å². The van der Waals surface area contributed by atoms with Gasteiger partial charge in [-0.3, -0.25) is 27.4 Å². The van der Waals surface area contributed by atoms with Gasteiger partial charge in [0.1, 0.15) is 33.5 Å². The maximum Gasteiger partial charge on any atom is 0.298 e. The molecule has 0 radical (unpaired) electrons. The van der Waals surface area contributed by atoms with Crippen LogP contribution in [0, 0.1) is 39.0 Å². The zero-order chi connectivity index (χ0) is 62.9. The van der Waals surface area contributed by atoms with Gasteiger partial charge in [-0.25, -0.2) is 4.98 Å². The van der Waals surface area contributed by atoms with E-state index in [0.29, 0.717) is 49.2 Å². The van der Waals surface area contributed by atoms with Gasteiger partial charge in [-0.05, 0) is 135 Å². The van der Waals surface area contributed by atoms with Crippen LogP contribution in [-0.2, 0) is 51.9 Å². The van der Waals surface area contributed by atoms with E-state index < -0.39 is 75.1 Å². The zero-order valence-electron chi connectivity index (χ0n) is 45.4. The molecule has 0 amide bonds. The van der Waals surface area contributed by atoms with Crippen molar-refractivity contribution in [3.8, 4) is 23.4 Å². The maximum absolute atomic E-state index is 12.4. The van der Waals surface area contributed by atoms with Gasteiger partial charge in [0.2, 0.25) is 5.88 Å². The van der Waals surface area contributed by atoms with E-state index in [4.69, 9.17) is 21.1 Å². The Morgan fingerprint density at radius 1 is 0.651 bits per heavy atom. The van der Waals surface area contributed by atoms with Crippen molar-refractivity contribution in [1.29, 1.82) is 5.26 Å². The highest BCUT2D eigenvalue weighted by Crippen LogP contribution is 2.44. The molecule has 6 N–H and O–H groups in total. The molecule has 0 aliphatic rings. The smallest absolute Gasteiger partial charge is 0.298 e. The first kappa shape index (κ1) is 66.1. The molecule has 7 rings (SSSR count). The van der Waals surface area contributed by atoms with Crippen molar-refractivity contribution >= 4 is 144 Å². The molecule has 0 atom stereocenters. The number of carbonyl (C=O) groups excluding carboxylic acids is 1. The average molecular weight is 1320 g/mol. The number of aliphatic hydroxyl groups is 1. The van der Waals surface area contributed by atoms with Crippen molar-refractivity contribution in [3.05, 3.63) is 105 Å². The summed E-state index contributed by atoms with van der Waals surface area (Å²) in [5.74, 6) is -2.01. The number of nitrogens with zero attached hydrogens (tertiary/aromatic N) is 11. The van der Waals surface area contributed by atoms with E-state index in [1.54, 1.807) is 51.1 Å². The molecule has 0 saturated heterocycles. The number of aromatic nitrogens is 2. The number of aryl methyl sites for hydroxylation is 3. The van der Waals surface area contributed by atoms with Gasteiger partial charge in [0, 0.05) is 27.5 Å². The van der Waals surface area contributed by atoms with Crippen molar-refractivity contribution in [2.75, 3.05) is 35.4 Å². The summed E-state index contributed by atoms with van der Waals surface area (Å²) < 4.78 is 144. The molecule has 5 aromatic carbocycles. The van der Waals surface area contributed by atoms with Gasteiger partial charge in [-0.2, -0.15) is 59.4 Å². The lowest BCUT2D eigenvalue weighted by Crippen LogP contribution is -2.08. The van der Waals surface area contributed by atoms with Crippen molar-refractivity contribution in [2.45, 2.75) is 68.3 Å². The van der Waals surface area contributed by atoms with Gasteiger partial charge >= 0.3 is 0 Å². The van der Waals surface area contributed by atoms with E-state index in [1.807, 2.05) is 6.07 Å². The van der Waals surface area contributed by atoms with Crippen molar-refractivity contribution in [1.82, 2.24) is 9.38 Å². The zero-order valence-corrected chi connectivity index (χ0v) is 51.1. The molecule has 0 aliphatic heterocycles. The van der Waals surface area contributed by atoms with Crippen LogP contribution in [0.15, 0.2) is 122 Å². The van der Waals surface area contributed by atoms with E-state index >= 15 is 0 Å². The number of aromatic hydroxyl groups is 1. The Labute approximate surface area is 505 Å². The number of halogens is 1. The SMILES string of the molecule is Cc1cc(N=Nc2cc(SCCCS(=O)(=O)O)c(N=Nc3cc(OCCCS(=O)(=O)O)c(N=Nc4c(C)c(C#N)c5nc6c(S(=O)(=O)O)cc(CO)cc6n5c4O)cc3C)cc2C)c(SCCCS(=O)(=O)O)cc1N=Nc1ccc(Cl)c(OC=O)c1. The highest BCUT2D eigenvalue weighted by Gasteiger charge is 2.26. The molecule has 86 heavy (non-hydrogen) atoms.